The van der Waals surface area contributed by atoms with Crippen molar-refractivity contribution in [2.75, 3.05) is 24.4 Å². The zero-order valence-corrected chi connectivity index (χ0v) is 19.6. The number of thioether (sulfide) groups is 2. The maximum atomic E-state index is 12.4. The van der Waals surface area contributed by atoms with E-state index in [1.54, 1.807) is 18.9 Å². The first-order chi connectivity index (χ1) is 15.0. The molecule has 1 aromatic heterocycles. The second-order valence-electron chi connectivity index (χ2n) is 6.59. The molecule has 1 heterocycles. The van der Waals surface area contributed by atoms with Crippen LogP contribution in [0.5, 0.6) is 11.5 Å². The molecule has 9 heteroatoms. The van der Waals surface area contributed by atoms with E-state index in [9.17, 15) is 4.79 Å². The number of methoxy groups -OCH3 is 1. The van der Waals surface area contributed by atoms with Gasteiger partial charge in [0.1, 0.15) is 11.5 Å². The summed E-state index contributed by atoms with van der Waals surface area (Å²) in [6.45, 7) is 4.63. The van der Waals surface area contributed by atoms with Crippen LogP contribution in [-0.4, -0.2) is 39.8 Å². The summed E-state index contributed by atoms with van der Waals surface area (Å²) in [5, 5.41) is 12.2. The van der Waals surface area contributed by atoms with Crippen LogP contribution in [-0.2, 0) is 11.3 Å². The Labute approximate surface area is 190 Å². The number of benzene rings is 2. The molecule has 0 bridgehead atoms. The number of rotatable bonds is 10. The zero-order chi connectivity index (χ0) is 22.2. The van der Waals surface area contributed by atoms with E-state index in [1.807, 2.05) is 73.2 Å². The van der Waals surface area contributed by atoms with Gasteiger partial charge >= 0.3 is 0 Å². The van der Waals surface area contributed by atoms with Gasteiger partial charge in [-0.3, -0.25) is 4.79 Å². The number of amides is 1. The number of carbonyl (C=O) groups excluding carboxylic acids is 1. The van der Waals surface area contributed by atoms with Gasteiger partial charge in [-0.2, -0.15) is 0 Å². The van der Waals surface area contributed by atoms with Crippen molar-refractivity contribution < 1.29 is 14.3 Å². The van der Waals surface area contributed by atoms with E-state index in [-0.39, 0.29) is 17.8 Å². The fourth-order valence-corrected chi connectivity index (χ4v) is 4.21. The maximum absolute atomic E-state index is 12.4. The van der Waals surface area contributed by atoms with Crippen molar-refractivity contribution in [3.05, 3.63) is 54.4 Å². The molecule has 0 aliphatic heterocycles. The molecule has 1 unspecified atom stereocenters. The minimum atomic E-state index is -0.293. The lowest BCUT2D eigenvalue weighted by Gasteiger charge is -2.15. The Morgan fingerprint density at radius 2 is 1.90 bits per heavy atom. The molecule has 1 amide bonds. The van der Waals surface area contributed by atoms with E-state index in [1.165, 1.54) is 11.8 Å². The Morgan fingerprint density at radius 3 is 2.58 bits per heavy atom. The topological polar surface area (TPSA) is 78.3 Å². The highest BCUT2D eigenvalue weighted by molar-refractivity contribution is 7.99. The van der Waals surface area contributed by atoms with Crippen LogP contribution in [0.1, 0.15) is 25.8 Å². The molecule has 0 aliphatic rings. The molecule has 2 aromatic carbocycles. The van der Waals surface area contributed by atoms with Crippen molar-refractivity contribution in [2.45, 2.75) is 36.5 Å². The minimum absolute atomic E-state index is 0.0852. The van der Waals surface area contributed by atoms with Gasteiger partial charge in [0.2, 0.25) is 5.91 Å². The fourth-order valence-electron chi connectivity index (χ4n) is 2.94. The van der Waals surface area contributed by atoms with Gasteiger partial charge in [-0.25, -0.2) is 0 Å². The van der Waals surface area contributed by atoms with Gasteiger partial charge in [0.25, 0.3) is 0 Å². The molecule has 1 atom stereocenters. The molecule has 0 fully saturated rings. The van der Waals surface area contributed by atoms with E-state index >= 15 is 0 Å². The summed E-state index contributed by atoms with van der Waals surface area (Å²) in [5.74, 6) is 2.37. The number of carbonyl (C=O) groups is 1. The molecule has 1 N–H and O–H groups in total. The summed E-state index contributed by atoms with van der Waals surface area (Å²) >= 11 is 3.00. The van der Waals surface area contributed by atoms with Crippen molar-refractivity contribution in [3.8, 4) is 11.5 Å². The second-order valence-corrected chi connectivity index (χ2v) is 8.41. The third-order valence-corrected chi connectivity index (χ3v) is 6.18. The van der Waals surface area contributed by atoms with Gasteiger partial charge in [0.15, 0.2) is 17.1 Å². The smallest absolute Gasteiger partial charge is 0.234 e. The Balaban J connectivity index is 1.61. The molecule has 164 valence electrons. The number of ether oxygens (including phenoxy) is 2. The summed E-state index contributed by atoms with van der Waals surface area (Å²) in [5.41, 5.74) is 0.789. The van der Waals surface area contributed by atoms with Crippen LogP contribution in [0.15, 0.2) is 58.6 Å². The Hall–Kier alpha value is -2.65. The second kappa shape index (κ2) is 11.1. The predicted molar refractivity (Wildman–Crippen MR) is 125 cm³/mol. The molecule has 31 heavy (non-hydrogen) atoms. The molecule has 3 aromatic rings. The van der Waals surface area contributed by atoms with Gasteiger partial charge < -0.3 is 19.4 Å². The number of nitrogens with zero attached hydrogens (tertiary/aromatic N) is 3. The number of nitrogens with one attached hydrogen (secondary N) is 1. The van der Waals surface area contributed by atoms with E-state index in [0.29, 0.717) is 17.5 Å². The predicted octanol–water partition coefficient (Wildman–Crippen LogP) is 4.90. The lowest BCUT2D eigenvalue weighted by Crippen LogP contribution is -2.15. The monoisotopic (exact) mass is 458 g/mol. The molecule has 0 aliphatic carbocycles. The highest BCUT2D eigenvalue weighted by Crippen LogP contribution is 2.26. The number of hydrogen-bond acceptors (Lipinski definition) is 7. The van der Waals surface area contributed by atoms with Gasteiger partial charge in [-0.1, -0.05) is 17.8 Å². The molecule has 0 radical (unpaired) electrons. The molecule has 0 saturated heterocycles. The van der Waals surface area contributed by atoms with Crippen LogP contribution >= 0.6 is 23.5 Å². The van der Waals surface area contributed by atoms with Gasteiger partial charge in [0.05, 0.1) is 12.9 Å². The Morgan fingerprint density at radius 1 is 1.16 bits per heavy atom. The largest absolute Gasteiger partial charge is 0.497 e. The summed E-state index contributed by atoms with van der Waals surface area (Å²) in [6, 6.07) is 15.2. The van der Waals surface area contributed by atoms with Crippen molar-refractivity contribution in [1.29, 1.82) is 0 Å². The summed E-state index contributed by atoms with van der Waals surface area (Å²) in [4.78, 5) is 13.5. The molecule has 0 saturated carbocycles. The lowest BCUT2D eigenvalue weighted by molar-refractivity contribution is -0.113. The average molecular weight is 459 g/mol. The summed E-state index contributed by atoms with van der Waals surface area (Å²) < 4.78 is 13.2. The van der Waals surface area contributed by atoms with Crippen LogP contribution in [0.4, 0.5) is 5.69 Å². The van der Waals surface area contributed by atoms with E-state index < -0.39 is 0 Å². The molecule has 3 rings (SSSR count). The van der Waals surface area contributed by atoms with E-state index in [0.717, 1.165) is 22.1 Å². The first kappa shape index (κ1) is 23.0. The summed E-state index contributed by atoms with van der Waals surface area (Å²) in [6.07, 6.45) is 1.71. The minimum Gasteiger partial charge on any atom is -0.497 e. The Kier molecular flexibility index (Phi) is 8.25. The van der Waals surface area contributed by atoms with Gasteiger partial charge in [0, 0.05) is 17.1 Å². The SMILES string of the molecule is CCn1c(SCC(=O)Nc2cccc(SC)c2)nnc1C(C)Oc1ccc(OC)cc1. The van der Waals surface area contributed by atoms with Crippen LogP contribution in [0.25, 0.3) is 0 Å². The maximum Gasteiger partial charge on any atom is 0.234 e. The van der Waals surface area contributed by atoms with Gasteiger partial charge in [-0.15, -0.1) is 22.0 Å². The lowest BCUT2D eigenvalue weighted by atomic mass is 10.3. The quantitative estimate of drug-likeness (QED) is 0.433. The van der Waals surface area contributed by atoms with E-state index in [2.05, 4.69) is 15.5 Å². The zero-order valence-electron chi connectivity index (χ0n) is 18.0. The van der Waals surface area contributed by atoms with Crippen LogP contribution in [0.2, 0.25) is 0 Å². The third kappa shape index (κ3) is 6.18. The normalized spacial score (nSPS) is 11.7. The van der Waals surface area contributed by atoms with Crippen LogP contribution in [0, 0.1) is 0 Å². The van der Waals surface area contributed by atoms with Crippen LogP contribution < -0.4 is 14.8 Å². The van der Waals surface area contributed by atoms with Crippen molar-refractivity contribution in [2.24, 2.45) is 0 Å². The first-order valence-electron chi connectivity index (χ1n) is 9.84. The molecule has 7 nitrogen and oxygen atoms in total. The fraction of sp³-hybridized carbons (Fsp3) is 0.318. The Bertz CT molecular complexity index is 1010. The number of anilines is 1. The summed E-state index contributed by atoms with van der Waals surface area (Å²) in [7, 11) is 1.63. The van der Waals surface area contributed by atoms with Crippen molar-refractivity contribution >= 4 is 35.1 Å². The molecule has 0 spiro atoms. The third-order valence-electron chi connectivity index (χ3n) is 4.48. The van der Waals surface area contributed by atoms with Crippen molar-refractivity contribution in [3.63, 3.8) is 0 Å². The molecular weight excluding hydrogens is 432 g/mol. The van der Waals surface area contributed by atoms with Gasteiger partial charge in [-0.05, 0) is 62.6 Å². The number of aromatic nitrogens is 3. The highest BCUT2D eigenvalue weighted by atomic mass is 32.2. The van der Waals surface area contributed by atoms with Crippen LogP contribution in [0.3, 0.4) is 0 Å². The highest BCUT2D eigenvalue weighted by Gasteiger charge is 2.19. The van der Waals surface area contributed by atoms with Crippen molar-refractivity contribution in [1.82, 2.24) is 14.8 Å². The molecular formula is C22H26N4O3S2. The first-order valence-corrected chi connectivity index (χ1v) is 12.1. The van der Waals surface area contributed by atoms with E-state index in [4.69, 9.17) is 9.47 Å². The standard InChI is InChI=1S/C22H26N4O3S2/c1-5-26-21(15(2)29-18-11-9-17(28-3)10-12-18)24-25-22(26)31-14-20(27)23-16-7-6-8-19(13-16)30-4/h6-13,15H,5,14H2,1-4H3,(H,23,27). The number of hydrogen-bond donors (Lipinski definition) is 1. The average Bonchev–Trinajstić information content (AvgIpc) is 3.21.